The number of anilines is 2. The highest BCUT2D eigenvalue weighted by Gasteiger charge is 2.31. The molecule has 1 aliphatic rings. The third-order valence-corrected chi connectivity index (χ3v) is 7.41. The average molecular weight is 600 g/mol. The summed E-state index contributed by atoms with van der Waals surface area (Å²) in [5.41, 5.74) is 0.901. The van der Waals surface area contributed by atoms with Crippen molar-refractivity contribution in [3.63, 3.8) is 0 Å². The van der Waals surface area contributed by atoms with Gasteiger partial charge in [0.1, 0.15) is 17.0 Å². The Labute approximate surface area is 220 Å². The van der Waals surface area contributed by atoms with Crippen molar-refractivity contribution >= 4 is 45.0 Å². The fraction of sp³-hybridized carbons (Fsp3) is 0.296. The summed E-state index contributed by atoms with van der Waals surface area (Å²) in [6.07, 6.45) is 1.46. The minimum Gasteiger partial charge on any atom is -0.338 e. The Morgan fingerprint density at radius 3 is 2.42 bits per heavy atom. The molecule has 5 rings (SSSR count). The standard InChI is InChI=1S/C27H26FIN4O3/c1-14(2)16-6-5-7-19(12-16)32-23-15(3)25(34)31(4)24(30-21-11-8-17(29)13-20(21)28)22(23)26(35)33(27(32)36)18-9-10-18/h5-8,11-14,18,30H,9-10H2,1-4H3. The number of pyridine rings is 1. The molecule has 1 fully saturated rings. The molecule has 2 heterocycles. The molecule has 186 valence electrons. The van der Waals surface area contributed by atoms with Gasteiger partial charge < -0.3 is 5.32 Å². The van der Waals surface area contributed by atoms with Gasteiger partial charge in [-0.15, -0.1) is 0 Å². The fourth-order valence-electron chi connectivity index (χ4n) is 4.60. The van der Waals surface area contributed by atoms with E-state index in [0.717, 1.165) is 18.4 Å². The van der Waals surface area contributed by atoms with Crippen LogP contribution >= 0.6 is 22.6 Å². The summed E-state index contributed by atoms with van der Waals surface area (Å²) in [7, 11) is 1.54. The highest BCUT2D eigenvalue weighted by molar-refractivity contribution is 14.1. The van der Waals surface area contributed by atoms with Crippen molar-refractivity contribution in [2.45, 2.75) is 45.6 Å². The monoisotopic (exact) mass is 600 g/mol. The lowest BCUT2D eigenvalue weighted by molar-refractivity contribution is 0.630. The number of halogens is 2. The van der Waals surface area contributed by atoms with E-state index < -0.39 is 17.1 Å². The Bertz CT molecular complexity index is 1710. The summed E-state index contributed by atoms with van der Waals surface area (Å²) in [6.45, 7) is 5.73. The van der Waals surface area contributed by atoms with Gasteiger partial charge in [-0.3, -0.25) is 23.3 Å². The van der Waals surface area contributed by atoms with E-state index in [4.69, 9.17) is 0 Å². The van der Waals surface area contributed by atoms with E-state index in [1.165, 1.54) is 26.8 Å². The fourth-order valence-corrected chi connectivity index (χ4v) is 5.05. The zero-order valence-electron chi connectivity index (χ0n) is 20.4. The van der Waals surface area contributed by atoms with E-state index in [-0.39, 0.29) is 45.5 Å². The topological polar surface area (TPSA) is 78.0 Å². The molecule has 1 aliphatic carbocycles. The molecule has 0 saturated heterocycles. The van der Waals surface area contributed by atoms with Crippen molar-refractivity contribution in [2.24, 2.45) is 7.05 Å². The molecule has 0 aliphatic heterocycles. The number of nitrogens with one attached hydrogen (secondary N) is 1. The maximum absolute atomic E-state index is 14.8. The molecule has 9 heteroatoms. The first-order valence-electron chi connectivity index (χ1n) is 11.8. The smallest absolute Gasteiger partial charge is 0.336 e. The highest BCUT2D eigenvalue weighted by atomic mass is 127. The molecular weight excluding hydrogens is 574 g/mol. The number of hydrogen-bond acceptors (Lipinski definition) is 4. The summed E-state index contributed by atoms with van der Waals surface area (Å²) in [5, 5.41) is 3.16. The van der Waals surface area contributed by atoms with Crippen LogP contribution in [0.4, 0.5) is 15.9 Å². The van der Waals surface area contributed by atoms with Gasteiger partial charge in [-0.1, -0.05) is 26.0 Å². The minimum atomic E-state index is -0.511. The quantitative estimate of drug-likeness (QED) is 0.324. The Hall–Kier alpha value is -3.21. The third kappa shape index (κ3) is 3.99. The lowest BCUT2D eigenvalue weighted by atomic mass is 10.0. The average Bonchev–Trinajstić information content (AvgIpc) is 3.67. The molecular formula is C27H26FIN4O3. The molecule has 1 saturated carbocycles. The van der Waals surface area contributed by atoms with Gasteiger partial charge >= 0.3 is 5.69 Å². The van der Waals surface area contributed by atoms with Crippen LogP contribution in [0.5, 0.6) is 0 Å². The second-order valence-corrected chi connectivity index (χ2v) is 10.8. The molecule has 36 heavy (non-hydrogen) atoms. The zero-order valence-corrected chi connectivity index (χ0v) is 22.6. The first-order valence-corrected chi connectivity index (χ1v) is 12.9. The van der Waals surface area contributed by atoms with E-state index in [9.17, 15) is 18.8 Å². The summed E-state index contributed by atoms with van der Waals surface area (Å²) in [5.74, 6) is -0.145. The van der Waals surface area contributed by atoms with Gasteiger partial charge in [0, 0.05) is 22.2 Å². The second kappa shape index (κ2) is 9.02. The van der Waals surface area contributed by atoms with E-state index >= 15 is 0 Å². The molecule has 1 N–H and O–H groups in total. The number of fused-ring (bicyclic) bond motifs is 1. The van der Waals surface area contributed by atoms with Gasteiger partial charge in [0.15, 0.2) is 0 Å². The molecule has 0 bridgehead atoms. The first kappa shape index (κ1) is 24.5. The van der Waals surface area contributed by atoms with E-state index in [1.54, 1.807) is 25.1 Å². The number of hydrogen-bond donors (Lipinski definition) is 1. The van der Waals surface area contributed by atoms with E-state index in [1.807, 2.05) is 40.8 Å². The van der Waals surface area contributed by atoms with Crippen LogP contribution in [0.2, 0.25) is 0 Å². The van der Waals surface area contributed by atoms with Crippen molar-refractivity contribution in [1.82, 2.24) is 13.7 Å². The molecule has 0 amide bonds. The lowest BCUT2D eigenvalue weighted by Gasteiger charge is -2.21. The number of rotatable bonds is 5. The summed E-state index contributed by atoms with van der Waals surface area (Å²) >= 11 is 2.01. The van der Waals surface area contributed by atoms with Crippen LogP contribution in [0, 0.1) is 16.3 Å². The molecule has 0 radical (unpaired) electrons. The zero-order chi connectivity index (χ0) is 25.9. The number of aromatic nitrogens is 3. The maximum Gasteiger partial charge on any atom is 0.336 e. The summed E-state index contributed by atoms with van der Waals surface area (Å²) in [6, 6.07) is 12.0. The van der Waals surface area contributed by atoms with Gasteiger partial charge in [-0.05, 0) is 84.2 Å². The molecule has 4 aromatic rings. The van der Waals surface area contributed by atoms with E-state index in [0.29, 0.717) is 9.26 Å². The first-order chi connectivity index (χ1) is 17.1. The largest absolute Gasteiger partial charge is 0.338 e. The Balaban J connectivity index is 1.93. The van der Waals surface area contributed by atoms with Gasteiger partial charge in [-0.2, -0.15) is 0 Å². The Morgan fingerprint density at radius 2 is 1.78 bits per heavy atom. The normalized spacial score (nSPS) is 13.5. The highest BCUT2D eigenvalue weighted by Crippen LogP contribution is 2.34. The van der Waals surface area contributed by atoms with Gasteiger partial charge in [0.05, 0.1) is 16.9 Å². The van der Waals surface area contributed by atoms with Crippen LogP contribution < -0.4 is 22.1 Å². The van der Waals surface area contributed by atoms with Crippen molar-refractivity contribution in [1.29, 1.82) is 0 Å². The predicted octanol–water partition coefficient (Wildman–Crippen LogP) is 5.11. The molecule has 2 aromatic heterocycles. The van der Waals surface area contributed by atoms with E-state index in [2.05, 4.69) is 19.2 Å². The molecule has 0 unspecified atom stereocenters. The predicted molar refractivity (Wildman–Crippen MR) is 149 cm³/mol. The van der Waals surface area contributed by atoms with Crippen molar-refractivity contribution < 1.29 is 4.39 Å². The minimum absolute atomic E-state index is 0.132. The summed E-state index contributed by atoms with van der Waals surface area (Å²) in [4.78, 5) is 41.0. The molecule has 2 aromatic carbocycles. The SMILES string of the molecule is Cc1c(=O)n(C)c(Nc2ccc(I)cc2F)c2c(=O)n(C3CC3)c(=O)n(-c3cccc(C(C)C)c3)c12. The van der Waals surface area contributed by atoms with Gasteiger partial charge in [-0.25, -0.2) is 9.18 Å². The van der Waals surface area contributed by atoms with Crippen molar-refractivity contribution in [2.75, 3.05) is 5.32 Å². The molecule has 0 atom stereocenters. The Morgan fingerprint density at radius 1 is 1.06 bits per heavy atom. The number of aryl methyl sites for hydroxylation is 1. The van der Waals surface area contributed by atoms with Crippen LogP contribution in [0.25, 0.3) is 16.6 Å². The third-order valence-electron chi connectivity index (χ3n) is 6.73. The van der Waals surface area contributed by atoms with Crippen LogP contribution in [0.1, 0.15) is 49.8 Å². The molecule has 0 spiro atoms. The van der Waals surface area contributed by atoms with Crippen LogP contribution in [-0.2, 0) is 7.05 Å². The number of nitrogens with zero attached hydrogens (tertiary/aromatic N) is 3. The van der Waals surface area contributed by atoms with Crippen LogP contribution in [-0.4, -0.2) is 13.7 Å². The van der Waals surface area contributed by atoms with Gasteiger partial charge in [0.25, 0.3) is 11.1 Å². The van der Waals surface area contributed by atoms with Crippen LogP contribution in [0.3, 0.4) is 0 Å². The van der Waals surface area contributed by atoms with Crippen molar-refractivity contribution in [3.05, 3.63) is 94.2 Å². The Kier molecular flexibility index (Phi) is 6.14. The maximum atomic E-state index is 14.8. The lowest BCUT2D eigenvalue weighted by Crippen LogP contribution is -2.41. The number of benzene rings is 2. The second-order valence-electron chi connectivity index (χ2n) is 9.58. The van der Waals surface area contributed by atoms with Gasteiger partial charge in [0.2, 0.25) is 0 Å². The molecule has 7 nitrogen and oxygen atoms in total. The van der Waals surface area contributed by atoms with Crippen LogP contribution in [0.15, 0.2) is 56.8 Å². The van der Waals surface area contributed by atoms with Crippen molar-refractivity contribution in [3.8, 4) is 5.69 Å². The summed E-state index contributed by atoms with van der Waals surface area (Å²) < 4.78 is 19.6.